The molecule has 1 aromatic heterocycles. The molecule has 27 heavy (non-hydrogen) atoms. The van der Waals surface area contributed by atoms with Gasteiger partial charge in [0.2, 0.25) is 5.91 Å². The molecule has 0 atom stereocenters. The number of para-hydroxylation sites is 2. The molecular weight excluding hydrogens is 358 g/mol. The monoisotopic (exact) mass is 381 g/mol. The third kappa shape index (κ3) is 5.15. The average molecular weight is 382 g/mol. The fourth-order valence-corrected chi connectivity index (χ4v) is 3.56. The zero-order valence-electron chi connectivity index (χ0n) is 15.5. The van der Waals surface area contributed by atoms with Crippen LogP contribution in [0.4, 0.5) is 5.69 Å². The van der Waals surface area contributed by atoms with Crippen molar-refractivity contribution in [3.05, 3.63) is 65.7 Å². The predicted octanol–water partition coefficient (Wildman–Crippen LogP) is 4.28. The fourth-order valence-electron chi connectivity index (χ4n) is 2.74. The molecule has 140 valence electrons. The number of thiazole rings is 1. The molecule has 0 saturated carbocycles. The van der Waals surface area contributed by atoms with Gasteiger partial charge in [0.1, 0.15) is 10.8 Å². The Bertz CT molecular complexity index is 880. The van der Waals surface area contributed by atoms with Gasteiger partial charge in [-0.05, 0) is 18.7 Å². The lowest BCUT2D eigenvalue weighted by molar-refractivity contribution is -0.117. The first kappa shape index (κ1) is 19.1. The second kappa shape index (κ2) is 9.30. The van der Waals surface area contributed by atoms with Crippen molar-refractivity contribution in [3.63, 3.8) is 0 Å². The van der Waals surface area contributed by atoms with Crippen LogP contribution in [0, 0.1) is 0 Å². The van der Waals surface area contributed by atoms with Crippen LogP contribution < -0.4 is 10.1 Å². The summed E-state index contributed by atoms with van der Waals surface area (Å²) in [5, 5.41) is 5.98. The molecule has 0 radical (unpaired) electrons. The van der Waals surface area contributed by atoms with Crippen molar-refractivity contribution in [2.75, 3.05) is 25.5 Å². The SMILES string of the molecule is CCN(CC(=O)Nc1ccccc1OC)Cc1csc(-c2ccccc2)n1. The van der Waals surface area contributed by atoms with Crippen molar-refractivity contribution in [3.8, 4) is 16.3 Å². The molecule has 6 heteroatoms. The van der Waals surface area contributed by atoms with E-state index in [-0.39, 0.29) is 5.91 Å². The van der Waals surface area contributed by atoms with E-state index in [0.717, 1.165) is 22.8 Å². The van der Waals surface area contributed by atoms with Gasteiger partial charge < -0.3 is 10.1 Å². The number of likely N-dealkylation sites (N-methyl/N-ethyl adjacent to an activating group) is 1. The van der Waals surface area contributed by atoms with Crippen LogP contribution in [-0.4, -0.2) is 36.0 Å². The Morgan fingerprint density at radius 3 is 2.63 bits per heavy atom. The highest BCUT2D eigenvalue weighted by Crippen LogP contribution is 2.24. The maximum absolute atomic E-state index is 12.4. The molecule has 0 aliphatic carbocycles. The number of rotatable bonds is 8. The topological polar surface area (TPSA) is 54.5 Å². The van der Waals surface area contributed by atoms with Crippen LogP contribution in [0.3, 0.4) is 0 Å². The number of benzene rings is 2. The third-order valence-electron chi connectivity index (χ3n) is 4.15. The summed E-state index contributed by atoms with van der Waals surface area (Å²) in [6.45, 7) is 3.74. The summed E-state index contributed by atoms with van der Waals surface area (Å²) in [7, 11) is 1.59. The van der Waals surface area contributed by atoms with E-state index in [1.54, 1.807) is 18.4 Å². The first-order valence-electron chi connectivity index (χ1n) is 8.84. The van der Waals surface area contributed by atoms with Crippen molar-refractivity contribution in [2.45, 2.75) is 13.5 Å². The van der Waals surface area contributed by atoms with E-state index in [9.17, 15) is 4.79 Å². The Labute approximate surface area is 163 Å². The van der Waals surface area contributed by atoms with Crippen molar-refractivity contribution < 1.29 is 9.53 Å². The molecule has 5 nitrogen and oxygen atoms in total. The van der Waals surface area contributed by atoms with Crippen LogP contribution in [0.25, 0.3) is 10.6 Å². The number of nitrogens with one attached hydrogen (secondary N) is 1. The lowest BCUT2D eigenvalue weighted by Crippen LogP contribution is -2.32. The first-order valence-corrected chi connectivity index (χ1v) is 9.72. The van der Waals surface area contributed by atoms with Crippen molar-refractivity contribution in [1.29, 1.82) is 0 Å². The Kier molecular flexibility index (Phi) is 6.57. The summed E-state index contributed by atoms with van der Waals surface area (Å²) in [6, 6.07) is 17.5. The molecule has 0 unspecified atom stereocenters. The van der Waals surface area contributed by atoms with Gasteiger partial charge in [-0.2, -0.15) is 0 Å². The Morgan fingerprint density at radius 2 is 1.89 bits per heavy atom. The summed E-state index contributed by atoms with van der Waals surface area (Å²) < 4.78 is 5.28. The highest BCUT2D eigenvalue weighted by molar-refractivity contribution is 7.13. The maximum atomic E-state index is 12.4. The van der Waals surface area contributed by atoms with E-state index in [1.165, 1.54) is 0 Å². The van der Waals surface area contributed by atoms with E-state index in [0.29, 0.717) is 24.5 Å². The molecule has 3 rings (SSSR count). The van der Waals surface area contributed by atoms with Crippen LogP contribution >= 0.6 is 11.3 Å². The van der Waals surface area contributed by atoms with Crippen LogP contribution in [0.5, 0.6) is 5.75 Å². The van der Waals surface area contributed by atoms with Gasteiger partial charge in [0.25, 0.3) is 0 Å². The molecule has 0 spiro atoms. The fraction of sp³-hybridized carbons (Fsp3) is 0.238. The molecule has 3 aromatic rings. The minimum Gasteiger partial charge on any atom is -0.495 e. The van der Waals surface area contributed by atoms with Gasteiger partial charge in [-0.15, -0.1) is 11.3 Å². The standard InChI is InChI=1S/C21H23N3O2S/c1-3-24(14-20(25)23-18-11-7-8-12-19(18)26-2)13-17-15-27-21(22-17)16-9-5-4-6-10-16/h4-12,15H,3,13-14H2,1-2H3,(H,23,25). The van der Waals surface area contributed by atoms with E-state index in [2.05, 4.69) is 27.7 Å². The number of nitrogens with zero attached hydrogens (tertiary/aromatic N) is 2. The predicted molar refractivity (Wildman–Crippen MR) is 110 cm³/mol. The minimum absolute atomic E-state index is 0.0696. The normalized spacial score (nSPS) is 10.8. The molecule has 1 N–H and O–H groups in total. The van der Waals surface area contributed by atoms with E-state index >= 15 is 0 Å². The van der Waals surface area contributed by atoms with Gasteiger partial charge >= 0.3 is 0 Å². The average Bonchev–Trinajstić information content (AvgIpc) is 3.17. The molecule has 0 fully saturated rings. The largest absolute Gasteiger partial charge is 0.495 e. The first-order chi connectivity index (χ1) is 13.2. The van der Waals surface area contributed by atoms with E-state index in [4.69, 9.17) is 9.72 Å². The molecule has 0 bridgehead atoms. The lowest BCUT2D eigenvalue weighted by atomic mass is 10.2. The maximum Gasteiger partial charge on any atom is 0.238 e. The van der Waals surface area contributed by atoms with E-state index < -0.39 is 0 Å². The Balaban J connectivity index is 1.61. The summed E-state index contributed by atoms with van der Waals surface area (Å²) in [5.41, 5.74) is 2.78. The molecule has 2 aromatic carbocycles. The molecule has 0 aliphatic rings. The minimum atomic E-state index is -0.0696. The molecule has 0 saturated heterocycles. The van der Waals surface area contributed by atoms with Gasteiger partial charge in [-0.1, -0.05) is 49.4 Å². The number of hydrogen-bond acceptors (Lipinski definition) is 5. The van der Waals surface area contributed by atoms with Gasteiger partial charge in [-0.25, -0.2) is 4.98 Å². The second-order valence-corrected chi connectivity index (χ2v) is 6.92. The number of hydrogen-bond donors (Lipinski definition) is 1. The Morgan fingerprint density at radius 1 is 1.15 bits per heavy atom. The van der Waals surface area contributed by atoms with Crippen LogP contribution in [-0.2, 0) is 11.3 Å². The number of methoxy groups -OCH3 is 1. The number of carbonyl (C=O) groups is 1. The summed E-state index contributed by atoms with van der Waals surface area (Å²) >= 11 is 1.63. The van der Waals surface area contributed by atoms with Gasteiger partial charge in [0, 0.05) is 17.5 Å². The van der Waals surface area contributed by atoms with Crippen molar-refractivity contribution in [1.82, 2.24) is 9.88 Å². The highest BCUT2D eigenvalue weighted by atomic mass is 32.1. The van der Waals surface area contributed by atoms with E-state index in [1.807, 2.05) is 49.4 Å². The van der Waals surface area contributed by atoms with Gasteiger partial charge in [0.05, 0.1) is 25.0 Å². The number of anilines is 1. The zero-order valence-corrected chi connectivity index (χ0v) is 16.3. The number of amides is 1. The molecular formula is C21H23N3O2S. The smallest absolute Gasteiger partial charge is 0.238 e. The van der Waals surface area contributed by atoms with Crippen molar-refractivity contribution >= 4 is 22.9 Å². The molecule has 1 heterocycles. The zero-order chi connectivity index (χ0) is 19.1. The number of ether oxygens (including phenoxy) is 1. The molecule has 1 amide bonds. The van der Waals surface area contributed by atoms with Gasteiger partial charge in [-0.3, -0.25) is 9.69 Å². The number of aromatic nitrogens is 1. The van der Waals surface area contributed by atoms with Crippen LogP contribution in [0.15, 0.2) is 60.0 Å². The quantitative estimate of drug-likeness (QED) is 0.633. The highest BCUT2D eigenvalue weighted by Gasteiger charge is 2.14. The van der Waals surface area contributed by atoms with Crippen LogP contribution in [0.1, 0.15) is 12.6 Å². The molecule has 0 aliphatic heterocycles. The summed E-state index contributed by atoms with van der Waals surface area (Å²) in [4.78, 5) is 19.2. The second-order valence-electron chi connectivity index (χ2n) is 6.06. The summed E-state index contributed by atoms with van der Waals surface area (Å²) in [5.74, 6) is 0.584. The number of carbonyl (C=O) groups excluding carboxylic acids is 1. The summed E-state index contributed by atoms with van der Waals surface area (Å²) in [6.07, 6.45) is 0. The van der Waals surface area contributed by atoms with Crippen molar-refractivity contribution in [2.24, 2.45) is 0 Å². The van der Waals surface area contributed by atoms with Crippen LogP contribution in [0.2, 0.25) is 0 Å². The lowest BCUT2D eigenvalue weighted by Gasteiger charge is -2.19. The third-order valence-corrected chi connectivity index (χ3v) is 5.09. The Hall–Kier alpha value is -2.70. The van der Waals surface area contributed by atoms with Gasteiger partial charge in [0.15, 0.2) is 0 Å².